The van der Waals surface area contributed by atoms with Crippen LogP contribution >= 0.6 is 92.8 Å². The van der Waals surface area contributed by atoms with Gasteiger partial charge < -0.3 is 31.2 Å². The van der Waals surface area contributed by atoms with E-state index in [2.05, 4.69) is 15.0 Å². The summed E-state index contributed by atoms with van der Waals surface area (Å²) in [6.07, 6.45) is 10.0. The molecular formula is C53H50Cl8N6O4. The van der Waals surface area contributed by atoms with Gasteiger partial charge in [-0.1, -0.05) is 92.8 Å². The van der Waals surface area contributed by atoms with E-state index in [-0.39, 0.29) is 23.7 Å². The topological polar surface area (TPSA) is 165 Å². The third-order valence-electron chi connectivity index (χ3n) is 13.5. The van der Waals surface area contributed by atoms with Crippen LogP contribution in [0.4, 0.5) is 4.79 Å². The molecule has 0 saturated carbocycles. The van der Waals surface area contributed by atoms with Crippen LogP contribution in [0.2, 0.25) is 40.2 Å². The maximum absolute atomic E-state index is 12.7. The fourth-order valence-electron chi connectivity index (χ4n) is 10.3. The van der Waals surface area contributed by atoms with Gasteiger partial charge in [-0.25, -0.2) is 9.36 Å². The van der Waals surface area contributed by atoms with Gasteiger partial charge >= 0.3 is 6.09 Å². The van der Waals surface area contributed by atoms with Crippen LogP contribution in [0.15, 0.2) is 48.5 Å². The molecule has 4 aliphatic carbocycles. The average molecular weight is 1120 g/mol. The number of H-pyrrole nitrogens is 3. The van der Waals surface area contributed by atoms with E-state index in [4.69, 9.17) is 109 Å². The molecule has 4 aromatic carbocycles. The minimum atomic E-state index is -0.658. The van der Waals surface area contributed by atoms with Crippen molar-refractivity contribution in [1.82, 2.24) is 19.5 Å². The molecule has 0 amide bonds. The molecule has 0 fully saturated rings. The minimum absolute atomic E-state index is 0.0690. The number of aromatic amines is 3. The predicted octanol–water partition coefficient (Wildman–Crippen LogP) is 16.9. The molecular weight excluding hydrogens is 1070 g/mol. The Balaban J connectivity index is 0.000000119. The summed E-state index contributed by atoms with van der Waals surface area (Å²) < 4.78 is 6.82. The van der Waals surface area contributed by atoms with E-state index in [1.54, 1.807) is 39.0 Å². The second-order valence-corrected chi connectivity index (χ2v) is 22.5. The van der Waals surface area contributed by atoms with Crippen molar-refractivity contribution in [2.45, 2.75) is 116 Å². The van der Waals surface area contributed by atoms with Crippen LogP contribution < -0.4 is 11.5 Å². The summed E-state index contributed by atoms with van der Waals surface area (Å²) in [5.41, 5.74) is 22.7. The highest BCUT2D eigenvalue weighted by Crippen LogP contribution is 2.43. The van der Waals surface area contributed by atoms with Crippen LogP contribution in [0.5, 0.6) is 0 Å². The Morgan fingerprint density at radius 3 is 1.44 bits per heavy atom. The maximum Gasteiger partial charge on any atom is 0.419 e. The smallest absolute Gasteiger partial charge is 0.419 e. The molecule has 18 heteroatoms. The molecule has 71 heavy (non-hydrogen) atoms. The number of carbonyl (C=O) groups excluding carboxylic acids is 3. The van der Waals surface area contributed by atoms with Crippen molar-refractivity contribution in [3.8, 4) is 0 Å². The Bertz CT molecular complexity index is 3350. The highest BCUT2D eigenvalue weighted by atomic mass is 35.5. The Hall–Kier alpha value is -3.91. The van der Waals surface area contributed by atoms with E-state index in [9.17, 15) is 14.4 Å². The summed E-state index contributed by atoms with van der Waals surface area (Å²) in [5.74, 6) is 0.102. The number of aryl methyl sites for hydroxylation is 4. The summed E-state index contributed by atoms with van der Waals surface area (Å²) in [4.78, 5) is 46.7. The Morgan fingerprint density at radius 2 is 0.944 bits per heavy atom. The molecule has 8 aromatic rings. The monoisotopic (exact) mass is 1110 g/mol. The van der Waals surface area contributed by atoms with Crippen molar-refractivity contribution < 1.29 is 19.1 Å². The van der Waals surface area contributed by atoms with Crippen molar-refractivity contribution in [3.63, 3.8) is 0 Å². The number of carbonyl (C=O) groups is 3. The first-order valence-electron chi connectivity index (χ1n) is 23.5. The van der Waals surface area contributed by atoms with Crippen molar-refractivity contribution in [1.29, 1.82) is 0 Å². The zero-order chi connectivity index (χ0) is 50.8. The molecule has 10 nitrogen and oxygen atoms in total. The molecule has 372 valence electrons. The lowest BCUT2D eigenvalue weighted by atomic mass is 9.92. The van der Waals surface area contributed by atoms with E-state index < -0.39 is 11.7 Å². The maximum atomic E-state index is 12.7. The Labute approximate surface area is 450 Å². The first kappa shape index (κ1) is 52.0. The lowest BCUT2D eigenvalue weighted by molar-refractivity contribution is 0.0534. The fourth-order valence-corrected chi connectivity index (χ4v) is 12.1. The van der Waals surface area contributed by atoms with Gasteiger partial charge in [0.15, 0.2) is 11.6 Å². The van der Waals surface area contributed by atoms with Gasteiger partial charge in [-0.05, 0) is 156 Å². The first-order valence-corrected chi connectivity index (χ1v) is 26.6. The van der Waals surface area contributed by atoms with Gasteiger partial charge in [-0.2, -0.15) is 0 Å². The standard InChI is InChI=1S/C17H17Cl2NO3.2C12H12Cl2N2.C12H9Cl2NO/c1-17(2,3)23-16(22)20-11-8-7-10(18)14(19)13(11)9-5-4-6-12(21)15(9)20;2*13-7-4-5-9-10(11(7)14)6-2-1-3-8(15)12(6)16-9;13-7-4-5-8-10(11(7)14)6-2-1-3-9(16)12(6)15-8/h7-8H,4-6H2,1-3H3;2*4-5,8,16H,1-3,15H2;4-5,15H,1-3H2. The number of ketones is 2. The number of ether oxygens (including phenoxy) is 1. The van der Waals surface area contributed by atoms with E-state index in [1.165, 1.54) is 15.7 Å². The molecule has 0 bridgehead atoms. The van der Waals surface area contributed by atoms with Crippen LogP contribution in [-0.2, 0) is 30.4 Å². The number of nitrogens with two attached hydrogens (primary N) is 2. The van der Waals surface area contributed by atoms with Crippen LogP contribution in [-0.4, -0.2) is 42.8 Å². The van der Waals surface area contributed by atoms with Crippen molar-refractivity contribution in [2.75, 3.05) is 0 Å². The lowest BCUT2D eigenvalue weighted by Gasteiger charge is -2.21. The summed E-state index contributed by atoms with van der Waals surface area (Å²) >= 11 is 49.3. The predicted molar refractivity (Wildman–Crippen MR) is 293 cm³/mol. The Kier molecular flexibility index (Phi) is 15.2. The number of Topliss-reactive ketones (excluding diaryl/α,β-unsaturated/α-hetero) is 2. The van der Waals surface area contributed by atoms with Gasteiger partial charge in [0.2, 0.25) is 0 Å². The largest absolute Gasteiger partial charge is 0.443 e. The molecule has 2 atom stereocenters. The van der Waals surface area contributed by atoms with Crippen LogP contribution in [0.25, 0.3) is 43.6 Å². The minimum Gasteiger partial charge on any atom is -0.443 e. The number of halogens is 8. The van der Waals surface area contributed by atoms with Crippen molar-refractivity contribution >= 4 is 154 Å². The number of benzene rings is 4. The van der Waals surface area contributed by atoms with E-state index in [0.717, 1.165) is 113 Å². The van der Waals surface area contributed by atoms with E-state index in [1.807, 2.05) is 30.3 Å². The fraction of sp³-hybridized carbons (Fsp3) is 0.340. The van der Waals surface area contributed by atoms with Gasteiger partial charge in [0.05, 0.1) is 57.1 Å². The molecule has 4 heterocycles. The number of rotatable bonds is 0. The zero-order valence-corrected chi connectivity index (χ0v) is 45.1. The lowest BCUT2D eigenvalue weighted by Crippen LogP contribution is -2.29. The number of nitrogens with zero attached hydrogens (tertiary/aromatic N) is 1. The molecule has 12 rings (SSSR count). The van der Waals surface area contributed by atoms with E-state index >= 15 is 0 Å². The van der Waals surface area contributed by atoms with E-state index in [0.29, 0.717) is 81.7 Å². The number of hydrogen-bond acceptors (Lipinski definition) is 6. The number of fused-ring (bicyclic) bond motifs is 12. The summed E-state index contributed by atoms with van der Waals surface area (Å²) in [6, 6.07) is 14.7. The van der Waals surface area contributed by atoms with Gasteiger partial charge in [-0.15, -0.1) is 0 Å². The first-order chi connectivity index (χ1) is 33.7. The van der Waals surface area contributed by atoms with Gasteiger partial charge in [0.25, 0.3) is 0 Å². The molecule has 2 unspecified atom stereocenters. The van der Waals surface area contributed by atoms with Gasteiger partial charge in [-0.3, -0.25) is 9.59 Å². The number of aromatic nitrogens is 4. The third kappa shape index (κ3) is 9.96. The van der Waals surface area contributed by atoms with Gasteiger partial charge in [0.1, 0.15) is 5.60 Å². The molecule has 0 saturated heterocycles. The molecule has 4 aliphatic rings. The molecule has 7 N–H and O–H groups in total. The zero-order valence-electron chi connectivity index (χ0n) is 39.0. The SMILES string of the molecule is CC(C)(C)OC(=O)n1c2c(c3c(Cl)c(Cl)ccc31)CCCC2=O.NC1CCCc2c1[nH]c1ccc(Cl)c(Cl)c21.NC1CCCc2c1[nH]c1ccc(Cl)c(Cl)c21.O=C1CCCc2c1[nH]c1ccc(Cl)c(Cl)c21. The third-order valence-corrected chi connectivity index (χ3v) is 16.7. The second kappa shape index (κ2) is 20.8. The van der Waals surface area contributed by atoms with Crippen molar-refractivity contribution in [3.05, 3.63) is 134 Å². The van der Waals surface area contributed by atoms with Crippen LogP contribution in [0, 0.1) is 0 Å². The Morgan fingerprint density at radius 1 is 0.535 bits per heavy atom. The van der Waals surface area contributed by atoms with Crippen LogP contribution in [0.3, 0.4) is 0 Å². The molecule has 0 spiro atoms. The molecule has 0 aliphatic heterocycles. The van der Waals surface area contributed by atoms with Crippen LogP contribution in [0.1, 0.15) is 139 Å². The quantitative estimate of drug-likeness (QED) is 0.101. The van der Waals surface area contributed by atoms with Gasteiger partial charge in [0, 0.05) is 74.4 Å². The number of hydrogen-bond donors (Lipinski definition) is 5. The normalized spacial score (nSPS) is 17.4. The number of nitrogens with one attached hydrogen (secondary N) is 3. The van der Waals surface area contributed by atoms with Crippen molar-refractivity contribution in [2.24, 2.45) is 11.5 Å². The highest BCUT2D eigenvalue weighted by molar-refractivity contribution is 6.47. The average Bonchev–Trinajstić information content (AvgIpc) is 4.10. The highest BCUT2D eigenvalue weighted by Gasteiger charge is 2.33. The summed E-state index contributed by atoms with van der Waals surface area (Å²) in [5, 5.41) is 8.06. The molecule has 4 aromatic heterocycles. The molecule has 0 radical (unpaired) electrons. The summed E-state index contributed by atoms with van der Waals surface area (Å²) in [6.45, 7) is 5.36. The second-order valence-electron chi connectivity index (χ2n) is 19.3. The summed E-state index contributed by atoms with van der Waals surface area (Å²) in [7, 11) is 0.